The molecule has 1 unspecified atom stereocenters. The Morgan fingerprint density at radius 3 is 2.67 bits per heavy atom. The van der Waals surface area contributed by atoms with E-state index >= 15 is 0 Å². The van der Waals surface area contributed by atoms with E-state index in [4.69, 9.17) is 0 Å². The quantitative estimate of drug-likeness (QED) is 0.389. The molecule has 5 nitrogen and oxygen atoms in total. The van der Waals surface area contributed by atoms with Crippen molar-refractivity contribution >= 4 is 6.09 Å². The van der Waals surface area contributed by atoms with Crippen molar-refractivity contribution in [3.8, 4) is 0 Å². The van der Waals surface area contributed by atoms with Gasteiger partial charge in [0.2, 0.25) is 0 Å². The van der Waals surface area contributed by atoms with Gasteiger partial charge in [0, 0.05) is 13.1 Å². The first-order chi connectivity index (χ1) is 5.70. The summed E-state index contributed by atoms with van der Waals surface area (Å²) in [6.07, 6.45) is -0.481. The Balaban J connectivity index is 3.32. The lowest BCUT2D eigenvalue weighted by Gasteiger charge is -2.14. The number of ether oxygens (including phenoxy) is 1. The van der Waals surface area contributed by atoms with Gasteiger partial charge in [-0.25, -0.2) is 4.79 Å². The van der Waals surface area contributed by atoms with Crippen LogP contribution >= 0.6 is 0 Å². The summed E-state index contributed by atoms with van der Waals surface area (Å²) in [6.45, 7) is 3.53. The standard InChI is InChI=1S/C7H17N3O2/c1-6(9-5-4-8-2)10-7(11)12-3/h6,8-9H,4-5H2,1-3H3,(H,10,11). The van der Waals surface area contributed by atoms with E-state index in [0.29, 0.717) is 0 Å². The molecule has 1 atom stereocenters. The lowest BCUT2D eigenvalue weighted by Crippen LogP contribution is -2.45. The van der Waals surface area contributed by atoms with E-state index in [-0.39, 0.29) is 6.17 Å². The number of rotatable bonds is 5. The second-order valence-electron chi connectivity index (χ2n) is 2.42. The van der Waals surface area contributed by atoms with Crippen LogP contribution in [-0.2, 0) is 4.74 Å². The van der Waals surface area contributed by atoms with Gasteiger partial charge in [-0.1, -0.05) is 0 Å². The van der Waals surface area contributed by atoms with Crippen LogP contribution in [0.3, 0.4) is 0 Å². The first-order valence-electron chi connectivity index (χ1n) is 3.93. The summed E-state index contributed by atoms with van der Waals surface area (Å²) in [5.74, 6) is 0. The van der Waals surface area contributed by atoms with Crippen molar-refractivity contribution in [3.05, 3.63) is 0 Å². The minimum absolute atomic E-state index is 0.0641. The lowest BCUT2D eigenvalue weighted by molar-refractivity contribution is 0.165. The Kier molecular flexibility index (Phi) is 6.41. The van der Waals surface area contributed by atoms with Crippen molar-refractivity contribution in [2.75, 3.05) is 27.2 Å². The largest absolute Gasteiger partial charge is 0.453 e. The zero-order chi connectivity index (χ0) is 9.40. The van der Waals surface area contributed by atoms with Gasteiger partial charge in [-0.05, 0) is 14.0 Å². The van der Waals surface area contributed by atoms with E-state index in [1.54, 1.807) is 0 Å². The molecule has 0 heterocycles. The van der Waals surface area contributed by atoms with Gasteiger partial charge in [-0.3, -0.25) is 5.32 Å². The molecule has 0 radical (unpaired) electrons. The molecule has 3 N–H and O–H groups in total. The van der Waals surface area contributed by atoms with Gasteiger partial charge in [0.15, 0.2) is 0 Å². The summed E-state index contributed by atoms with van der Waals surface area (Å²) in [7, 11) is 3.22. The molecule has 5 heteroatoms. The number of hydrogen-bond donors (Lipinski definition) is 3. The highest BCUT2D eigenvalue weighted by Gasteiger charge is 2.03. The van der Waals surface area contributed by atoms with Crippen LogP contribution in [0.4, 0.5) is 4.79 Å². The Morgan fingerprint density at radius 2 is 2.17 bits per heavy atom. The van der Waals surface area contributed by atoms with Crippen LogP contribution in [0.1, 0.15) is 6.92 Å². The molecule has 72 valence electrons. The van der Waals surface area contributed by atoms with Crippen LogP contribution in [0.2, 0.25) is 0 Å². The van der Waals surface area contributed by atoms with Crippen LogP contribution in [0.15, 0.2) is 0 Å². The van der Waals surface area contributed by atoms with E-state index in [1.807, 2.05) is 14.0 Å². The van der Waals surface area contributed by atoms with Crippen LogP contribution in [-0.4, -0.2) is 39.5 Å². The maximum Gasteiger partial charge on any atom is 0.408 e. The highest BCUT2D eigenvalue weighted by atomic mass is 16.5. The molecule has 0 aromatic carbocycles. The highest BCUT2D eigenvalue weighted by molar-refractivity contribution is 5.67. The van der Waals surface area contributed by atoms with Gasteiger partial charge in [0.25, 0.3) is 0 Å². The fraction of sp³-hybridized carbons (Fsp3) is 0.857. The van der Waals surface area contributed by atoms with Crippen molar-refractivity contribution in [2.24, 2.45) is 0 Å². The maximum atomic E-state index is 10.7. The number of carbonyl (C=O) groups excluding carboxylic acids is 1. The second kappa shape index (κ2) is 6.87. The molecule has 0 saturated carbocycles. The van der Waals surface area contributed by atoms with E-state index in [0.717, 1.165) is 13.1 Å². The Hall–Kier alpha value is -0.810. The first kappa shape index (κ1) is 11.2. The Labute approximate surface area is 72.9 Å². The lowest BCUT2D eigenvalue weighted by atomic mass is 10.5. The third-order valence-electron chi connectivity index (χ3n) is 1.35. The van der Waals surface area contributed by atoms with E-state index in [2.05, 4.69) is 20.7 Å². The summed E-state index contributed by atoms with van der Waals surface area (Å²) in [4.78, 5) is 10.7. The number of methoxy groups -OCH3 is 1. The topological polar surface area (TPSA) is 62.4 Å². The first-order valence-corrected chi connectivity index (χ1v) is 3.93. The molecule has 0 fully saturated rings. The molecule has 0 aliphatic heterocycles. The van der Waals surface area contributed by atoms with Gasteiger partial charge in [0.1, 0.15) is 0 Å². The summed E-state index contributed by atoms with van der Waals surface area (Å²) in [5.41, 5.74) is 0. The van der Waals surface area contributed by atoms with Crippen LogP contribution in [0, 0.1) is 0 Å². The molecule has 0 spiro atoms. The van der Waals surface area contributed by atoms with Gasteiger partial charge in [-0.2, -0.15) is 0 Å². The van der Waals surface area contributed by atoms with Crippen molar-refractivity contribution < 1.29 is 9.53 Å². The number of amides is 1. The number of nitrogens with one attached hydrogen (secondary N) is 3. The molecule has 0 aromatic rings. The minimum atomic E-state index is -0.417. The van der Waals surface area contributed by atoms with Gasteiger partial charge in [0.05, 0.1) is 13.3 Å². The molecule has 0 bridgehead atoms. The third kappa shape index (κ3) is 5.94. The van der Waals surface area contributed by atoms with Crippen LogP contribution < -0.4 is 16.0 Å². The van der Waals surface area contributed by atoms with Crippen molar-refractivity contribution in [3.63, 3.8) is 0 Å². The molecule has 12 heavy (non-hydrogen) atoms. The van der Waals surface area contributed by atoms with Crippen LogP contribution in [0.25, 0.3) is 0 Å². The second-order valence-corrected chi connectivity index (χ2v) is 2.42. The van der Waals surface area contributed by atoms with Gasteiger partial charge < -0.3 is 15.4 Å². The maximum absolute atomic E-state index is 10.7. The smallest absolute Gasteiger partial charge is 0.408 e. The fourth-order valence-corrected chi connectivity index (χ4v) is 0.700. The zero-order valence-electron chi connectivity index (χ0n) is 7.81. The molecular formula is C7H17N3O2. The normalized spacial score (nSPS) is 12.2. The highest BCUT2D eigenvalue weighted by Crippen LogP contribution is 1.76. The number of alkyl carbamates (subject to hydrolysis) is 1. The minimum Gasteiger partial charge on any atom is -0.453 e. The number of hydrogen-bond acceptors (Lipinski definition) is 4. The SMILES string of the molecule is CNCCNC(C)NC(=O)OC. The molecule has 1 amide bonds. The van der Waals surface area contributed by atoms with Gasteiger partial charge in [-0.15, -0.1) is 0 Å². The van der Waals surface area contributed by atoms with Crippen LogP contribution in [0.5, 0.6) is 0 Å². The van der Waals surface area contributed by atoms with Crippen molar-refractivity contribution in [1.82, 2.24) is 16.0 Å². The average Bonchev–Trinajstić information content (AvgIpc) is 2.05. The summed E-state index contributed by atoms with van der Waals surface area (Å²) < 4.78 is 4.42. The van der Waals surface area contributed by atoms with Crippen molar-refractivity contribution in [1.29, 1.82) is 0 Å². The average molecular weight is 175 g/mol. The monoisotopic (exact) mass is 175 g/mol. The number of likely N-dealkylation sites (N-methyl/N-ethyl adjacent to an activating group) is 1. The molecule has 0 aromatic heterocycles. The predicted octanol–water partition coefficient (Wildman–Crippen LogP) is -0.503. The summed E-state index contributed by atoms with van der Waals surface area (Å²) in [6, 6.07) is 0. The molecular weight excluding hydrogens is 158 g/mol. The molecule has 0 rings (SSSR count). The number of carbonyl (C=O) groups is 1. The fourth-order valence-electron chi connectivity index (χ4n) is 0.700. The molecule has 0 aliphatic rings. The summed E-state index contributed by atoms with van der Waals surface area (Å²) >= 11 is 0. The van der Waals surface area contributed by atoms with Gasteiger partial charge >= 0.3 is 6.09 Å². The Bertz CT molecular complexity index is 130. The third-order valence-corrected chi connectivity index (χ3v) is 1.35. The van der Waals surface area contributed by atoms with E-state index in [9.17, 15) is 4.79 Å². The predicted molar refractivity (Wildman–Crippen MR) is 46.9 cm³/mol. The zero-order valence-corrected chi connectivity index (χ0v) is 7.81. The molecule has 0 saturated heterocycles. The van der Waals surface area contributed by atoms with E-state index < -0.39 is 6.09 Å². The molecule has 0 aliphatic carbocycles. The Morgan fingerprint density at radius 1 is 1.50 bits per heavy atom. The summed E-state index contributed by atoms with van der Waals surface area (Å²) in [5, 5.41) is 8.65. The van der Waals surface area contributed by atoms with Crippen molar-refractivity contribution in [2.45, 2.75) is 13.1 Å². The van der Waals surface area contributed by atoms with E-state index in [1.165, 1.54) is 7.11 Å².